The molecular weight excluding hydrogens is 388 g/mol. The summed E-state index contributed by atoms with van der Waals surface area (Å²) in [6.07, 6.45) is 0.757. The Morgan fingerprint density at radius 2 is 1.56 bits per heavy atom. The van der Waals surface area contributed by atoms with Crippen LogP contribution in [0.3, 0.4) is 0 Å². The summed E-state index contributed by atoms with van der Waals surface area (Å²) in [6.45, 7) is 3.72. The van der Waals surface area contributed by atoms with E-state index < -0.39 is 0 Å². The topological polar surface area (TPSA) is 35.6 Å². The highest BCUT2D eigenvalue weighted by atomic mass is 35.5. The largest absolute Gasteiger partial charge is 0.368 e. The van der Waals surface area contributed by atoms with Crippen molar-refractivity contribution in [3.05, 3.63) is 65.5 Å². The van der Waals surface area contributed by atoms with E-state index in [4.69, 9.17) is 0 Å². The molecule has 1 saturated heterocycles. The average Bonchev–Trinajstić information content (AvgIpc) is 2.68. The summed E-state index contributed by atoms with van der Waals surface area (Å²) < 4.78 is 13.1. The van der Waals surface area contributed by atoms with Crippen LogP contribution in [0.4, 0.5) is 10.1 Å². The molecule has 2 aliphatic rings. The smallest absolute Gasteiger partial charge is 0.240 e. The number of carbonyl (C=O) groups excluding carboxylic acids is 1. The molecule has 146 valence electrons. The minimum Gasteiger partial charge on any atom is -0.368 e. The van der Waals surface area contributed by atoms with E-state index in [2.05, 4.69) is 22.3 Å². The van der Waals surface area contributed by atoms with Crippen molar-refractivity contribution in [2.75, 3.05) is 31.1 Å². The minimum absolute atomic E-state index is 0. The first-order valence-corrected chi connectivity index (χ1v) is 8.80. The van der Waals surface area contributed by atoms with Crippen LogP contribution in [0.1, 0.15) is 11.1 Å². The third-order valence-corrected chi connectivity index (χ3v) is 5.16. The molecule has 4 rings (SSSR count). The zero-order valence-corrected chi connectivity index (χ0v) is 16.6. The van der Waals surface area contributed by atoms with Crippen molar-refractivity contribution in [3.63, 3.8) is 0 Å². The highest BCUT2D eigenvalue weighted by Crippen LogP contribution is 2.20. The maximum absolute atomic E-state index is 13.1. The van der Waals surface area contributed by atoms with Crippen molar-refractivity contribution in [1.82, 2.24) is 10.2 Å². The number of piperazine rings is 1. The molecule has 1 amide bonds. The van der Waals surface area contributed by atoms with Crippen LogP contribution in [0, 0.1) is 5.82 Å². The van der Waals surface area contributed by atoms with E-state index in [0.717, 1.165) is 31.7 Å². The van der Waals surface area contributed by atoms with Gasteiger partial charge in [-0.05, 0) is 41.8 Å². The number of anilines is 1. The zero-order chi connectivity index (χ0) is 17.2. The summed E-state index contributed by atoms with van der Waals surface area (Å²) in [7, 11) is 0. The van der Waals surface area contributed by atoms with Crippen LogP contribution >= 0.6 is 24.8 Å². The second kappa shape index (κ2) is 9.40. The Morgan fingerprint density at radius 3 is 2.22 bits per heavy atom. The normalized spacial score (nSPS) is 18.8. The molecule has 4 nitrogen and oxygen atoms in total. The lowest BCUT2D eigenvalue weighted by molar-refractivity contribution is -0.134. The molecule has 0 saturated carbocycles. The molecule has 27 heavy (non-hydrogen) atoms. The summed E-state index contributed by atoms with van der Waals surface area (Å²) in [5.41, 5.74) is 3.57. The molecule has 1 N–H and O–H groups in total. The number of rotatable bonds is 2. The Hall–Kier alpha value is -1.82. The van der Waals surface area contributed by atoms with Crippen molar-refractivity contribution in [2.45, 2.75) is 19.0 Å². The van der Waals surface area contributed by atoms with Gasteiger partial charge in [-0.15, -0.1) is 24.8 Å². The van der Waals surface area contributed by atoms with Crippen LogP contribution in [0.15, 0.2) is 48.5 Å². The van der Waals surface area contributed by atoms with Gasteiger partial charge in [-0.1, -0.05) is 24.3 Å². The predicted octanol–water partition coefficient (Wildman–Crippen LogP) is 3.03. The quantitative estimate of drug-likeness (QED) is 0.824. The van der Waals surface area contributed by atoms with Gasteiger partial charge in [0.2, 0.25) is 5.91 Å². The van der Waals surface area contributed by atoms with Crippen LogP contribution in [-0.4, -0.2) is 43.0 Å². The zero-order valence-electron chi connectivity index (χ0n) is 14.9. The van der Waals surface area contributed by atoms with Gasteiger partial charge in [0.05, 0.1) is 6.04 Å². The van der Waals surface area contributed by atoms with Crippen molar-refractivity contribution in [1.29, 1.82) is 0 Å². The summed E-state index contributed by atoms with van der Waals surface area (Å²) in [4.78, 5) is 17.0. The average molecular weight is 412 g/mol. The third kappa shape index (κ3) is 4.72. The molecule has 0 spiro atoms. The predicted molar refractivity (Wildman–Crippen MR) is 110 cm³/mol. The Balaban J connectivity index is 0.00000131. The standard InChI is InChI=1S/C20H22FN3O.2ClH/c21-17-5-7-18(8-6-17)23-9-11-24(12-10-23)20(25)19-13-15-3-1-2-4-16(15)14-22-19;;/h1-8,19,22H,9-14H2;2*1H. The van der Waals surface area contributed by atoms with Crippen LogP contribution in [0.2, 0.25) is 0 Å². The second-order valence-corrected chi connectivity index (χ2v) is 6.70. The number of amides is 1. The van der Waals surface area contributed by atoms with Crippen LogP contribution in [0.25, 0.3) is 0 Å². The second-order valence-electron chi connectivity index (χ2n) is 6.70. The van der Waals surface area contributed by atoms with E-state index >= 15 is 0 Å². The number of nitrogens with one attached hydrogen (secondary N) is 1. The molecule has 0 radical (unpaired) electrons. The number of hydrogen-bond acceptors (Lipinski definition) is 3. The van der Waals surface area contributed by atoms with E-state index in [1.54, 1.807) is 12.1 Å². The highest BCUT2D eigenvalue weighted by molar-refractivity contribution is 5.85. The Labute approximate surface area is 171 Å². The van der Waals surface area contributed by atoms with Crippen molar-refractivity contribution < 1.29 is 9.18 Å². The minimum atomic E-state index is -0.221. The van der Waals surface area contributed by atoms with Crippen molar-refractivity contribution in [2.24, 2.45) is 0 Å². The SMILES string of the molecule is Cl.Cl.O=C(C1Cc2ccccc2CN1)N1CCN(c2ccc(F)cc2)CC1. The van der Waals surface area contributed by atoms with Gasteiger partial charge in [0.25, 0.3) is 0 Å². The van der Waals surface area contributed by atoms with E-state index in [1.807, 2.05) is 17.0 Å². The van der Waals surface area contributed by atoms with E-state index in [-0.39, 0.29) is 42.6 Å². The van der Waals surface area contributed by atoms with Gasteiger partial charge in [-0.2, -0.15) is 0 Å². The molecular formula is C20H24Cl2FN3O. The number of hydrogen-bond donors (Lipinski definition) is 1. The number of benzene rings is 2. The van der Waals surface area contributed by atoms with Crippen molar-refractivity contribution >= 4 is 36.4 Å². The van der Waals surface area contributed by atoms with Gasteiger partial charge in [-0.3, -0.25) is 4.79 Å². The van der Waals surface area contributed by atoms with Gasteiger partial charge in [0.1, 0.15) is 5.82 Å². The summed E-state index contributed by atoms with van der Waals surface area (Å²) in [6, 6.07) is 14.7. The lowest BCUT2D eigenvalue weighted by Gasteiger charge is -2.38. The third-order valence-electron chi connectivity index (χ3n) is 5.16. The lowest BCUT2D eigenvalue weighted by Crippen LogP contribution is -2.55. The van der Waals surface area contributed by atoms with Gasteiger partial charge in [0, 0.05) is 38.4 Å². The Bertz CT molecular complexity index is 764. The van der Waals surface area contributed by atoms with Crippen LogP contribution < -0.4 is 10.2 Å². The first-order valence-electron chi connectivity index (χ1n) is 8.80. The summed E-state index contributed by atoms with van der Waals surface area (Å²) >= 11 is 0. The Morgan fingerprint density at radius 1 is 0.926 bits per heavy atom. The Kier molecular flexibility index (Phi) is 7.48. The number of halogens is 3. The van der Waals surface area contributed by atoms with Gasteiger partial charge in [0.15, 0.2) is 0 Å². The molecule has 2 aliphatic heterocycles. The monoisotopic (exact) mass is 411 g/mol. The molecule has 0 bridgehead atoms. The van der Waals surface area contributed by atoms with E-state index in [0.29, 0.717) is 13.1 Å². The molecule has 2 aromatic rings. The number of carbonyl (C=O) groups is 1. The maximum Gasteiger partial charge on any atom is 0.240 e. The van der Waals surface area contributed by atoms with Crippen LogP contribution in [0.5, 0.6) is 0 Å². The molecule has 1 unspecified atom stereocenters. The molecule has 1 atom stereocenters. The highest BCUT2D eigenvalue weighted by Gasteiger charge is 2.29. The van der Waals surface area contributed by atoms with E-state index in [9.17, 15) is 9.18 Å². The summed E-state index contributed by atoms with van der Waals surface area (Å²) in [5, 5.41) is 3.38. The lowest BCUT2D eigenvalue weighted by atomic mass is 9.95. The molecule has 7 heteroatoms. The molecule has 2 aromatic carbocycles. The first kappa shape index (κ1) is 21.5. The fraction of sp³-hybridized carbons (Fsp3) is 0.350. The van der Waals surface area contributed by atoms with Gasteiger partial charge >= 0.3 is 0 Å². The fourth-order valence-corrected chi connectivity index (χ4v) is 3.69. The molecule has 2 heterocycles. The van der Waals surface area contributed by atoms with Crippen molar-refractivity contribution in [3.8, 4) is 0 Å². The number of fused-ring (bicyclic) bond motifs is 1. The van der Waals surface area contributed by atoms with E-state index in [1.165, 1.54) is 23.3 Å². The van der Waals surface area contributed by atoms with Crippen LogP contribution in [-0.2, 0) is 17.8 Å². The number of nitrogens with zero attached hydrogens (tertiary/aromatic N) is 2. The fourth-order valence-electron chi connectivity index (χ4n) is 3.69. The molecule has 1 fully saturated rings. The maximum atomic E-state index is 13.1. The first-order chi connectivity index (χ1) is 12.2. The van der Waals surface area contributed by atoms with Gasteiger partial charge in [-0.25, -0.2) is 4.39 Å². The van der Waals surface area contributed by atoms with Gasteiger partial charge < -0.3 is 15.1 Å². The molecule has 0 aromatic heterocycles. The summed E-state index contributed by atoms with van der Waals surface area (Å²) in [5.74, 6) is -0.0329. The molecule has 0 aliphatic carbocycles.